The molecular weight excluding hydrogens is 352 g/mol. The van der Waals surface area contributed by atoms with Gasteiger partial charge in [-0.2, -0.15) is 0 Å². The smallest absolute Gasteiger partial charge is 0.0517 e. The predicted octanol–water partition coefficient (Wildman–Crippen LogP) is 7.14. The summed E-state index contributed by atoms with van der Waals surface area (Å²) in [6, 6.07) is 34.8. The highest BCUT2D eigenvalue weighted by molar-refractivity contribution is 5.85. The van der Waals surface area contributed by atoms with Crippen LogP contribution >= 0.6 is 0 Å². The summed E-state index contributed by atoms with van der Waals surface area (Å²) in [7, 11) is 2.17. The second-order valence-corrected chi connectivity index (χ2v) is 7.65. The number of hydrogen-bond donors (Lipinski definition) is 0. The van der Waals surface area contributed by atoms with E-state index in [-0.39, 0.29) is 0 Å². The van der Waals surface area contributed by atoms with Crippen LogP contribution in [0.25, 0.3) is 0 Å². The number of benzene rings is 4. The summed E-state index contributed by atoms with van der Waals surface area (Å²) in [6.07, 6.45) is 0.932. The van der Waals surface area contributed by atoms with E-state index in [1.165, 1.54) is 45.1 Å². The van der Waals surface area contributed by atoms with E-state index in [1.54, 1.807) is 0 Å². The number of nitrogens with zero attached hydrogens (tertiary/aromatic N) is 2. The second kappa shape index (κ2) is 7.14. The van der Waals surface area contributed by atoms with E-state index >= 15 is 0 Å². The van der Waals surface area contributed by atoms with Crippen molar-refractivity contribution in [3.05, 3.63) is 114 Å². The Labute approximate surface area is 172 Å². The van der Waals surface area contributed by atoms with Gasteiger partial charge in [0, 0.05) is 41.8 Å². The zero-order chi connectivity index (χ0) is 19.8. The standard InChI is InChI=1S/C27H24N2/c1-20-15-17-23(18-16-20)29(22-10-4-3-5-11-22)27-14-8-13-26-24(27)19-21-9-6-7-12-25(21)28(26)2/h3-18H,19H2,1-2H3. The zero-order valence-corrected chi connectivity index (χ0v) is 16.8. The molecule has 1 aliphatic heterocycles. The molecule has 0 radical (unpaired) electrons. The van der Waals surface area contributed by atoms with Gasteiger partial charge in [-0.25, -0.2) is 0 Å². The Morgan fingerprint density at radius 1 is 0.655 bits per heavy atom. The summed E-state index contributed by atoms with van der Waals surface area (Å²) in [4.78, 5) is 4.69. The molecule has 0 spiro atoms. The van der Waals surface area contributed by atoms with Gasteiger partial charge in [0.2, 0.25) is 0 Å². The van der Waals surface area contributed by atoms with Gasteiger partial charge in [-0.15, -0.1) is 0 Å². The van der Waals surface area contributed by atoms with Gasteiger partial charge < -0.3 is 9.80 Å². The summed E-state index contributed by atoms with van der Waals surface area (Å²) < 4.78 is 0. The largest absolute Gasteiger partial charge is 0.344 e. The Hall–Kier alpha value is -3.52. The van der Waals surface area contributed by atoms with Crippen molar-refractivity contribution in [3.63, 3.8) is 0 Å². The highest BCUT2D eigenvalue weighted by Gasteiger charge is 2.25. The maximum atomic E-state index is 2.38. The van der Waals surface area contributed by atoms with Gasteiger partial charge >= 0.3 is 0 Å². The van der Waals surface area contributed by atoms with E-state index < -0.39 is 0 Å². The van der Waals surface area contributed by atoms with Gasteiger partial charge in [0.05, 0.1) is 5.69 Å². The molecule has 0 aromatic heterocycles. The fourth-order valence-electron chi connectivity index (χ4n) is 4.27. The Balaban J connectivity index is 1.71. The van der Waals surface area contributed by atoms with E-state index in [4.69, 9.17) is 0 Å². The molecule has 2 nitrogen and oxygen atoms in total. The van der Waals surface area contributed by atoms with Crippen molar-refractivity contribution in [1.82, 2.24) is 0 Å². The molecule has 5 rings (SSSR count). The first-order valence-corrected chi connectivity index (χ1v) is 10.1. The van der Waals surface area contributed by atoms with E-state index in [0.717, 1.165) is 6.42 Å². The molecule has 0 aliphatic carbocycles. The molecule has 0 amide bonds. The van der Waals surface area contributed by atoms with Crippen molar-refractivity contribution in [3.8, 4) is 0 Å². The third-order valence-electron chi connectivity index (χ3n) is 5.76. The van der Waals surface area contributed by atoms with Crippen LogP contribution in [0.5, 0.6) is 0 Å². The van der Waals surface area contributed by atoms with Gasteiger partial charge in [-0.1, -0.05) is 60.2 Å². The molecule has 0 bridgehead atoms. The molecule has 29 heavy (non-hydrogen) atoms. The lowest BCUT2D eigenvalue weighted by atomic mass is 9.93. The van der Waals surface area contributed by atoms with Crippen molar-refractivity contribution >= 4 is 28.4 Å². The predicted molar refractivity (Wildman–Crippen MR) is 123 cm³/mol. The molecule has 2 heteroatoms. The SMILES string of the molecule is Cc1ccc(N(c2ccccc2)c2cccc3c2Cc2ccccc2N3C)cc1. The van der Waals surface area contributed by atoms with Crippen molar-refractivity contribution in [2.24, 2.45) is 0 Å². The lowest BCUT2D eigenvalue weighted by Crippen LogP contribution is -2.21. The molecule has 1 heterocycles. The molecule has 0 fully saturated rings. The highest BCUT2D eigenvalue weighted by Crippen LogP contribution is 2.45. The quantitative estimate of drug-likeness (QED) is 0.375. The fraction of sp³-hybridized carbons (Fsp3) is 0.111. The number of anilines is 5. The van der Waals surface area contributed by atoms with Crippen LogP contribution in [0.3, 0.4) is 0 Å². The van der Waals surface area contributed by atoms with E-state index in [2.05, 4.69) is 121 Å². The normalized spacial score (nSPS) is 12.3. The molecule has 4 aromatic carbocycles. The van der Waals surface area contributed by atoms with Gasteiger partial charge in [0.1, 0.15) is 0 Å². The number of aryl methyl sites for hydroxylation is 1. The van der Waals surface area contributed by atoms with Crippen LogP contribution in [0, 0.1) is 6.92 Å². The van der Waals surface area contributed by atoms with Crippen LogP contribution in [0.2, 0.25) is 0 Å². The first kappa shape index (κ1) is 17.6. The van der Waals surface area contributed by atoms with Crippen molar-refractivity contribution < 1.29 is 0 Å². The summed E-state index contributed by atoms with van der Waals surface area (Å²) in [5, 5.41) is 0. The third kappa shape index (κ3) is 3.07. The average Bonchev–Trinajstić information content (AvgIpc) is 2.77. The fourth-order valence-corrected chi connectivity index (χ4v) is 4.27. The van der Waals surface area contributed by atoms with Crippen molar-refractivity contribution in [2.45, 2.75) is 13.3 Å². The van der Waals surface area contributed by atoms with Gasteiger partial charge in [-0.3, -0.25) is 0 Å². The van der Waals surface area contributed by atoms with Gasteiger partial charge in [0.25, 0.3) is 0 Å². The van der Waals surface area contributed by atoms with Crippen LogP contribution in [0.15, 0.2) is 97.1 Å². The maximum absolute atomic E-state index is 2.38. The Morgan fingerprint density at radius 2 is 1.31 bits per heavy atom. The van der Waals surface area contributed by atoms with E-state index in [0.29, 0.717) is 0 Å². The summed E-state index contributed by atoms with van der Waals surface area (Å²) in [5.74, 6) is 0. The Kier molecular flexibility index (Phi) is 4.33. The number of rotatable bonds is 3. The molecule has 0 saturated heterocycles. The minimum Gasteiger partial charge on any atom is -0.344 e. The minimum absolute atomic E-state index is 0.932. The van der Waals surface area contributed by atoms with Crippen LogP contribution in [-0.2, 0) is 6.42 Å². The maximum Gasteiger partial charge on any atom is 0.0517 e. The molecule has 0 unspecified atom stereocenters. The summed E-state index contributed by atoms with van der Waals surface area (Å²) in [5.41, 5.74) is 10.1. The monoisotopic (exact) mass is 376 g/mol. The molecule has 0 atom stereocenters. The number of para-hydroxylation sites is 2. The third-order valence-corrected chi connectivity index (χ3v) is 5.76. The van der Waals surface area contributed by atoms with Crippen LogP contribution in [0.4, 0.5) is 28.4 Å². The molecule has 0 saturated carbocycles. The Morgan fingerprint density at radius 3 is 2.10 bits per heavy atom. The highest BCUT2D eigenvalue weighted by atomic mass is 15.2. The first-order valence-electron chi connectivity index (χ1n) is 10.1. The van der Waals surface area contributed by atoms with Crippen LogP contribution in [0.1, 0.15) is 16.7 Å². The van der Waals surface area contributed by atoms with Crippen LogP contribution in [-0.4, -0.2) is 7.05 Å². The molecule has 0 N–H and O–H groups in total. The zero-order valence-electron chi connectivity index (χ0n) is 16.8. The minimum atomic E-state index is 0.932. The summed E-state index contributed by atoms with van der Waals surface area (Å²) in [6.45, 7) is 2.13. The van der Waals surface area contributed by atoms with Crippen molar-refractivity contribution in [1.29, 1.82) is 0 Å². The van der Waals surface area contributed by atoms with E-state index in [1.807, 2.05) is 0 Å². The average molecular weight is 377 g/mol. The summed E-state index contributed by atoms with van der Waals surface area (Å²) >= 11 is 0. The Bertz CT molecular complexity index is 1150. The van der Waals surface area contributed by atoms with E-state index in [9.17, 15) is 0 Å². The van der Waals surface area contributed by atoms with Gasteiger partial charge in [-0.05, 0) is 55.0 Å². The second-order valence-electron chi connectivity index (χ2n) is 7.65. The number of fused-ring (bicyclic) bond motifs is 2. The molecule has 142 valence electrons. The molecule has 1 aliphatic rings. The molecule has 4 aromatic rings. The first-order chi connectivity index (χ1) is 14.2. The lowest BCUT2D eigenvalue weighted by molar-refractivity contribution is 1.04. The topological polar surface area (TPSA) is 6.48 Å². The number of hydrogen-bond acceptors (Lipinski definition) is 2. The van der Waals surface area contributed by atoms with Crippen LogP contribution < -0.4 is 9.80 Å². The van der Waals surface area contributed by atoms with Crippen molar-refractivity contribution in [2.75, 3.05) is 16.8 Å². The van der Waals surface area contributed by atoms with Gasteiger partial charge in [0.15, 0.2) is 0 Å². The molecular formula is C27H24N2. The lowest BCUT2D eigenvalue weighted by Gasteiger charge is -2.35.